The van der Waals surface area contributed by atoms with Crippen LogP contribution in [0.1, 0.15) is 22.3 Å². The minimum atomic E-state index is -0.906. The van der Waals surface area contributed by atoms with E-state index in [4.69, 9.17) is 5.11 Å². The molecule has 1 aromatic carbocycles. The summed E-state index contributed by atoms with van der Waals surface area (Å²) in [6.07, 6.45) is 0.330. The predicted octanol–water partition coefficient (Wildman–Crippen LogP) is 3.04. The van der Waals surface area contributed by atoms with Gasteiger partial charge < -0.3 is 5.11 Å². The number of hydrogen-bond donors (Lipinski definition) is 1. The minimum Gasteiger partial charge on any atom is -0.481 e. The molecule has 5 heteroatoms. The van der Waals surface area contributed by atoms with Gasteiger partial charge in [0.05, 0.1) is 6.42 Å². The first kappa shape index (κ1) is 13.4. The smallest absolute Gasteiger partial charge is 0.307 e. The average Bonchev–Trinajstić information content (AvgIpc) is 2.15. The van der Waals surface area contributed by atoms with E-state index < -0.39 is 5.97 Å². The van der Waals surface area contributed by atoms with Gasteiger partial charge in [0.25, 0.3) is 0 Å². The third-order valence-electron chi connectivity index (χ3n) is 1.96. The molecule has 0 radical (unpaired) electrons. The van der Waals surface area contributed by atoms with E-state index in [-0.39, 0.29) is 12.2 Å². The number of Topliss-reactive ketones (excluding diaryl/α,β-unsaturated/α-hetero) is 1. The lowest BCUT2D eigenvalue weighted by Crippen LogP contribution is -2.04. The first-order valence-corrected chi connectivity index (χ1v) is 6.55. The monoisotopic (exact) mass is 348 g/mol. The molecule has 0 spiro atoms. The summed E-state index contributed by atoms with van der Waals surface area (Å²) in [7, 11) is 0. The van der Waals surface area contributed by atoms with Gasteiger partial charge in [-0.25, -0.2) is 0 Å². The Balaban J connectivity index is 2.97. The molecule has 1 N–H and O–H groups in total. The molecule has 0 bridgehead atoms. The Kier molecular flexibility index (Phi) is 5.15. The third-order valence-corrected chi connectivity index (χ3v) is 2.81. The van der Waals surface area contributed by atoms with E-state index >= 15 is 0 Å². The van der Waals surface area contributed by atoms with Crippen molar-refractivity contribution in [2.75, 3.05) is 5.33 Å². The van der Waals surface area contributed by atoms with E-state index in [1.807, 2.05) is 0 Å². The summed E-state index contributed by atoms with van der Waals surface area (Å²) in [6, 6.07) is 5.04. The molecule has 0 aliphatic heterocycles. The van der Waals surface area contributed by atoms with E-state index in [0.29, 0.717) is 22.9 Å². The highest BCUT2D eigenvalue weighted by atomic mass is 79.9. The number of carbonyl (C=O) groups is 2. The molecule has 0 unspecified atom stereocenters. The Morgan fingerprint density at radius 2 is 1.94 bits per heavy atom. The molecule has 0 heterocycles. The molecule has 1 rings (SSSR count). The molecule has 0 saturated carbocycles. The van der Waals surface area contributed by atoms with Crippen LogP contribution in [-0.4, -0.2) is 22.2 Å². The van der Waals surface area contributed by atoms with Crippen molar-refractivity contribution in [2.45, 2.75) is 12.8 Å². The molecule has 1 aromatic rings. The van der Waals surface area contributed by atoms with Gasteiger partial charge in [-0.15, -0.1) is 0 Å². The minimum absolute atomic E-state index is 0.00446. The summed E-state index contributed by atoms with van der Waals surface area (Å²) < 4.78 is 0.726. The van der Waals surface area contributed by atoms with Crippen molar-refractivity contribution in [3.63, 3.8) is 0 Å². The molecule has 16 heavy (non-hydrogen) atoms. The number of rotatable bonds is 5. The fourth-order valence-electron chi connectivity index (χ4n) is 1.32. The zero-order chi connectivity index (χ0) is 12.1. The first-order chi connectivity index (χ1) is 7.52. The highest BCUT2D eigenvalue weighted by Crippen LogP contribution is 2.18. The van der Waals surface area contributed by atoms with Crippen molar-refractivity contribution in [2.24, 2.45) is 0 Å². The molecule has 0 aliphatic rings. The summed E-state index contributed by atoms with van der Waals surface area (Å²) in [5.74, 6) is -0.901. The van der Waals surface area contributed by atoms with Gasteiger partial charge in [-0.2, -0.15) is 0 Å². The normalized spacial score (nSPS) is 10.1. The Hall–Kier alpha value is -0.680. The SMILES string of the molecule is O=C(O)Cc1cc(Br)cc(C(=O)CCBr)c1. The summed E-state index contributed by atoms with van der Waals surface area (Å²) in [6.45, 7) is 0. The van der Waals surface area contributed by atoms with Crippen LogP contribution in [0.5, 0.6) is 0 Å². The first-order valence-electron chi connectivity index (χ1n) is 4.63. The lowest BCUT2D eigenvalue weighted by Gasteiger charge is -2.04. The summed E-state index contributed by atoms with van der Waals surface area (Å²) in [5, 5.41) is 9.29. The zero-order valence-electron chi connectivity index (χ0n) is 8.37. The molecule has 0 atom stereocenters. The second kappa shape index (κ2) is 6.15. The molecule has 0 aliphatic carbocycles. The van der Waals surface area contributed by atoms with Crippen LogP contribution in [0.2, 0.25) is 0 Å². The summed E-state index contributed by atoms with van der Waals surface area (Å²) in [5.41, 5.74) is 1.17. The Morgan fingerprint density at radius 3 is 2.50 bits per heavy atom. The zero-order valence-corrected chi connectivity index (χ0v) is 11.5. The molecule has 86 valence electrons. The molecule has 0 saturated heterocycles. The van der Waals surface area contributed by atoms with Crippen LogP contribution in [0, 0.1) is 0 Å². The number of alkyl halides is 1. The van der Waals surface area contributed by atoms with Crippen LogP contribution in [0.3, 0.4) is 0 Å². The Bertz CT molecular complexity index is 416. The number of hydrogen-bond acceptors (Lipinski definition) is 2. The molecular formula is C11H10Br2O3. The van der Waals surface area contributed by atoms with Gasteiger partial charge in [0.15, 0.2) is 5.78 Å². The highest BCUT2D eigenvalue weighted by Gasteiger charge is 2.09. The van der Waals surface area contributed by atoms with Gasteiger partial charge in [0.2, 0.25) is 0 Å². The topological polar surface area (TPSA) is 54.4 Å². The Morgan fingerprint density at radius 1 is 1.25 bits per heavy atom. The van der Waals surface area contributed by atoms with Gasteiger partial charge in [-0.3, -0.25) is 9.59 Å². The molecular weight excluding hydrogens is 340 g/mol. The van der Waals surface area contributed by atoms with Crippen molar-refractivity contribution >= 4 is 43.6 Å². The average molecular weight is 350 g/mol. The number of ketones is 1. The fourth-order valence-corrected chi connectivity index (χ4v) is 2.22. The van der Waals surface area contributed by atoms with Crippen molar-refractivity contribution < 1.29 is 14.7 Å². The van der Waals surface area contributed by atoms with Gasteiger partial charge in [-0.05, 0) is 23.8 Å². The number of carbonyl (C=O) groups excluding carboxylic acids is 1. The summed E-state index contributed by atoms with van der Waals surface area (Å²) in [4.78, 5) is 22.2. The van der Waals surface area contributed by atoms with Crippen LogP contribution >= 0.6 is 31.9 Å². The fraction of sp³-hybridized carbons (Fsp3) is 0.273. The van der Waals surface area contributed by atoms with Crippen molar-refractivity contribution in [3.8, 4) is 0 Å². The van der Waals surface area contributed by atoms with E-state index in [0.717, 1.165) is 4.47 Å². The molecule has 0 fully saturated rings. The van der Waals surface area contributed by atoms with Crippen LogP contribution < -0.4 is 0 Å². The Labute approximate surface area is 110 Å². The van der Waals surface area contributed by atoms with Crippen LogP contribution in [0.4, 0.5) is 0 Å². The van der Waals surface area contributed by atoms with Gasteiger partial charge >= 0.3 is 5.97 Å². The summed E-state index contributed by atoms with van der Waals surface area (Å²) >= 11 is 6.46. The number of carboxylic acid groups (broad SMARTS) is 1. The van der Waals surface area contributed by atoms with Crippen LogP contribution in [0.25, 0.3) is 0 Å². The number of aliphatic carboxylic acids is 1. The molecule has 3 nitrogen and oxygen atoms in total. The number of halogens is 2. The lowest BCUT2D eigenvalue weighted by atomic mass is 10.0. The van der Waals surface area contributed by atoms with Gasteiger partial charge in [0.1, 0.15) is 0 Å². The van der Waals surface area contributed by atoms with E-state index in [1.165, 1.54) is 0 Å². The standard InChI is InChI=1S/C11H10Br2O3/c12-2-1-10(14)8-3-7(5-11(15)16)4-9(13)6-8/h3-4,6H,1-2,5H2,(H,15,16). The van der Waals surface area contributed by atoms with Gasteiger partial charge in [-0.1, -0.05) is 31.9 Å². The van der Waals surface area contributed by atoms with Crippen molar-refractivity contribution in [3.05, 3.63) is 33.8 Å². The maximum atomic E-state index is 11.6. The quantitative estimate of drug-likeness (QED) is 0.656. The third kappa shape index (κ3) is 4.06. The lowest BCUT2D eigenvalue weighted by molar-refractivity contribution is -0.136. The number of carboxylic acids is 1. The predicted molar refractivity (Wildman–Crippen MR) is 68.2 cm³/mol. The van der Waals surface area contributed by atoms with Crippen molar-refractivity contribution in [1.82, 2.24) is 0 Å². The number of benzene rings is 1. The van der Waals surface area contributed by atoms with E-state index in [9.17, 15) is 9.59 Å². The second-order valence-electron chi connectivity index (χ2n) is 3.28. The van der Waals surface area contributed by atoms with Crippen LogP contribution in [-0.2, 0) is 11.2 Å². The maximum Gasteiger partial charge on any atom is 0.307 e. The largest absolute Gasteiger partial charge is 0.481 e. The molecule has 0 amide bonds. The van der Waals surface area contributed by atoms with Crippen LogP contribution in [0.15, 0.2) is 22.7 Å². The van der Waals surface area contributed by atoms with Gasteiger partial charge in [0, 0.05) is 21.8 Å². The molecule has 0 aromatic heterocycles. The maximum absolute atomic E-state index is 11.6. The van der Waals surface area contributed by atoms with E-state index in [2.05, 4.69) is 31.9 Å². The van der Waals surface area contributed by atoms with Crippen molar-refractivity contribution in [1.29, 1.82) is 0 Å². The highest BCUT2D eigenvalue weighted by molar-refractivity contribution is 9.10. The second-order valence-corrected chi connectivity index (χ2v) is 4.99. The van der Waals surface area contributed by atoms with E-state index in [1.54, 1.807) is 18.2 Å².